The number of piperidine rings is 1. The van der Waals surface area contributed by atoms with Gasteiger partial charge in [0.05, 0.1) is 17.0 Å². The summed E-state index contributed by atoms with van der Waals surface area (Å²) in [7, 11) is -4.05. The van der Waals surface area contributed by atoms with Gasteiger partial charge in [-0.05, 0) is 55.3 Å². The maximum atomic E-state index is 12.9. The fourth-order valence-electron chi connectivity index (χ4n) is 3.26. The highest BCUT2D eigenvalue weighted by Gasteiger charge is 2.34. The molecule has 168 valence electrons. The highest BCUT2D eigenvalue weighted by molar-refractivity contribution is 7.89. The maximum Gasteiger partial charge on any atom is 0.416 e. The molecule has 11 heteroatoms. The second kappa shape index (κ2) is 9.33. The molecule has 0 saturated carbocycles. The monoisotopic (exact) mass is 459 g/mol. The first-order valence-corrected chi connectivity index (χ1v) is 11.0. The summed E-state index contributed by atoms with van der Waals surface area (Å²) >= 11 is 0. The Morgan fingerprint density at radius 1 is 1.06 bits per heavy atom. The number of rotatable bonds is 6. The van der Waals surface area contributed by atoms with Gasteiger partial charge in [0.1, 0.15) is 5.82 Å². The molecule has 2 aromatic rings. The lowest BCUT2D eigenvalue weighted by atomic mass is 10.1. The molecule has 1 fully saturated rings. The molecule has 0 bridgehead atoms. The molecule has 2 aromatic carbocycles. The van der Waals surface area contributed by atoms with Crippen LogP contribution in [0.25, 0.3) is 0 Å². The van der Waals surface area contributed by atoms with Gasteiger partial charge in [-0.3, -0.25) is 4.79 Å². The van der Waals surface area contributed by atoms with Crippen LogP contribution in [0.15, 0.2) is 53.4 Å². The van der Waals surface area contributed by atoms with E-state index in [0.29, 0.717) is 24.6 Å². The molecular formula is C20H21F4N3O3S. The van der Waals surface area contributed by atoms with E-state index in [9.17, 15) is 30.8 Å². The molecule has 1 aliphatic heterocycles. The van der Waals surface area contributed by atoms with Gasteiger partial charge in [-0.1, -0.05) is 6.07 Å². The zero-order valence-electron chi connectivity index (χ0n) is 16.3. The molecule has 2 N–H and O–H groups in total. The molecule has 1 aliphatic rings. The van der Waals surface area contributed by atoms with E-state index in [2.05, 4.69) is 10.6 Å². The topological polar surface area (TPSA) is 78.5 Å². The van der Waals surface area contributed by atoms with Crippen molar-refractivity contribution in [3.05, 3.63) is 59.9 Å². The van der Waals surface area contributed by atoms with Crippen molar-refractivity contribution in [2.45, 2.75) is 30.0 Å². The van der Waals surface area contributed by atoms with Crippen molar-refractivity contribution in [3.8, 4) is 0 Å². The Labute approximate surface area is 177 Å². The van der Waals surface area contributed by atoms with Crippen LogP contribution in [0.2, 0.25) is 0 Å². The number of carbonyl (C=O) groups is 1. The van der Waals surface area contributed by atoms with Crippen LogP contribution >= 0.6 is 0 Å². The van der Waals surface area contributed by atoms with Gasteiger partial charge in [0.2, 0.25) is 15.9 Å². The number of hydrogen-bond acceptors (Lipinski definition) is 4. The van der Waals surface area contributed by atoms with E-state index in [-0.39, 0.29) is 31.6 Å². The predicted molar refractivity (Wildman–Crippen MR) is 106 cm³/mol. The van der Waals surface area contributed by atoms with E-state index in [1.807, 2.05) is 0 Å². The molecule has 1 amide bonds. The van der Waals surface area contributed by atoms with Gasteiger partial charge >= 0.3 is 6.18 Å². The Bertz CT molecular complexity index is 1020. The maximum absolute atomic E-state index is 12.9. The SMILES string of the molecule is O=C(CNC1CCN(S(=O)(=O)c2cccc(C(F)(F)F)c2)CC1)Nc1ccc(F)cc1. The third kappa shape index (κ3) is 6.02. The van der Waals surface area contributed by atoms with Crippen LogP contribution in [0.5, 0.6) is 0 Å². The van der Waals surface area contributed by atoms with Crippen LogP contribution < -0.4 is 10.6 Å². The second-order valence-electron chi connectivity index (χ2n) is 7.14. The number of benzene rings is 2. The first-order chi connectivity index (χ1) is 14.6. The number of nitrogens with zero attached hydrogens (tertiary/aromatic N) is 1. The molecule has 6 nitrogen and oxygen atoms in total. The molecule has 1 saturated heterocycles. The molecule has 3 rings (SSSR count). The summed E-state index contributed by atoms with van der Waals surface area (Å²) in [5.41, 5.74) is -0.563. The average molecular weight is 459 g/mol. The van der Waals surface area contributed by atoms with Crippen molar-refractivity contribution >= 4 is 21.6 Å². The molecule has 0 radical (unpaired) electrons. The van der Waals surface area contributed by atoms with Crippen molar-refractivity contribution in [1.82, 2.24) is 9.62 Å². The van der Waals surface area contributed by atoms with E-state index >= 15 is 0 Å². The molecule has 0 unspecified atom stereocenters. The van der Waals surface area contributed by atoms with Crippen LogP contribution in [-0.2, 0) is 21.0 Å². The van der Waals surface area contributed by atoms with Gasteiger partial charge in [-0.15, -0.1) is 0 Å². The number of alkyl halides is 3. The number of nitrogens with one attached hydrogen (secondary N) is 2. The van der Waals surface area contributed by atoms with Gasteiger partial charge in [-0.2, -0.15) is 17.5 Å². The number of amides is 1. The Morgan fingerprint density at radius 2 is 1.71 bits per heavy atom. The summed E-state index contributed by atoms with van der Waals surface area (Å²) in [6, 6.07) is 8.89. The third-order valence-corrected chi connectivity index (χ3v) is 6.83. The van der Waals surface area contributed by atoms with Crippen molar-refractivity contribution in [2.24, 2.45) is 0 Å². The highest BCUT2D eigenvalue weighted by Crippen LogP contribution is 2.31. The fourth-order valence-corrected chi connectivity index (χ4v) is 4.77. The highest BCUT2D eigenvalue weighted by atomic mass is 32.2. The molecule has 31 heavy (non-hydrogen) atoms. The Morgan fingerprint density at radius 3 is 2.32 bits per heavy atom. The summed E-state index contributed by atoms with van der Waals surface area (Å²) in [4.78, 5) is 11.6. The minimum Gasteiger partial charge on any atom is -0.325 e. The smallest absolute Gasteiger partial charge is 0.325 e. The first kappa shape index (κ1) is 23.2. The van der Waals surface area contributed by atoms with Crippen LogP contribution in [0.1, 0.15) is 18.4 Å². The Hall–Kier alpha value is -2.50. The molecular weight excluding hydrogens is 438 g/mol. The zero-order chi connectivity index (χ0) is 22.6. The Balaban J connectivity index is 1.52. The summed E-state index contributed by atoms with van der Waals surface area (Å²) in [5.74, 6) is -0.742. The number of halogens is 4. The van der Waals surface area contributed by atoms with Crippen molar-refractivity contribution in [3.63, 3.8) is 0 Å². The summed E-state index contributed by atoms with van der Waals surface area (Å²) in [6.45, 7) is 0.230. The van der Waals surface area contributed by atoms with Crippen molar-refractivity contribution in [1.29, 1.82) is 0 Å². The van der Waals surface area contributed by atoms with Crippen LogP contribution in [-0.4, -0.2) is 44.3 Å². The van der Waals surface area contributed by atoms with E-state index in [0.717, 1.165) is 22.5 Å². The van der Waals surface area contributed by atoms with Crippen molar-refractivity contribution in [2.75, 3.05) is 25.0 Å². The standard InChI is InChI=1S/C20H21F4N3O3S/c21-15-4-6-17(7-5-15)26-19(28)13-25-16-8-10-27(11-9-16)31(29,30)18-3-1-2-14(12-18)20(22,23)24/h1-7,12,16,25H,8-11,13H2,(H,26,28). The predicted octanol–water partition coefficient (Wildman–Crippen LogP) is 3.23. The minimum absolute atomic E-state index is 0.0115. The minimum atomic E-state index is -4.63. The van der Waals surface area contributed by atoms with E-state index < -0.39 is 32.5 Å². The van der Waals surface area contributed by atoms with Gasteiger partial charge in [0.25, 0.3) is 0 Å². The Kier molecular flexibility index (Phi) is 6.97. The molecule has 1 heterocycles. The number of sulfonamides is 1. The third-order valence-electron chi connectivity index (χ3n) is 4.93. The van der Waals surface area contributed by atoms with Gasteiger partial charge in [-0.25, -0.2) is 12.8 Å². The summed E-state index contributed by atoms with van der Waals surface area (Å²) in [6.07, 6.45) is -3.82. The lowest BCUT2D eigenvalue weighted by Gasteiger charge is -2.31. The lowest BCUT2D eigenvalue weighted by Crippen LogP contribution is -2.46. The van der Waals surface area contributed by atoms with Gasteiger partial charge in [0.15, 0.2) is 0 Å². The van der Waals surface area contributed by atoms with Crippen LogP contribution in [0.4, 0.5) is 23.2 Å². The summed E-state index contributed by atoms with van der Waals surface area (Å²) in [5, 5.41) is 5.65. The fraction of sp³-hybridized carbons (Fsp3) is 0.350. The van der Waals surface area contributed by atoms with E-state index in [1.165, 1.54) is 24.3 Å². The zero-order valence-corrected chi connectivity index (χ0v) is 17.1. The lowest BCUT2D eigenvalue weighted by molar-refractivity contribution is -0.137. The average Bonchev–Trinajstić information content (AvgIpc) is 2.74. The van der Waals surface area contributed by atoms with Crippen LogP contribution in [0.3, 0.4) is 0 Å². The van der Waals surface area contributed by atoms with E-state index in [4.69, 9.17) is 0 Å². The molecule has 0 atom stereocenters. The van der Waals surface area contributed by atoms with Crippen molar-refractivity contribution < 1.29 is 30.8 Å². The van der Waals surface area contributed by atoms with E-state index in [1.54, 1.807) is 0 Å². The second-order valence-corrected chi connectivity index (χ2v) is 9.08. The molecule has 0 aliphatic carbocycles. The molecule has 0 spiro atoms. The largest absolute Gasteiger partial charge is 0.416 e. The number of carbonyl (C=O) groups excluding carboxylic acids is 1. The number of hydrogen-bond donors (Lipinski definition) is 2. The first-order valence-electron chi connectivity index (χ1n) is 9.52. The van der Waals surface area contributed by atoms with Crippen LogP contribution in [0, 0.1) is 5.82 Å². The van der Waals surface area contributed by atoms with Gasteiger partial charge in [0, 0.05) is 24.8 Å². The molecule has 0 aromatic heterocycles. The summed E-state index contributed by atoms with van der Waals surface area (Å²) < 4.78 is 78.1. The normalized spacial score (nSPS) is 16.3. The van der Waals surface area contributed by atoms with Gasteiger partial charge < -0.3 is 10.6 Å². The number of anilines is 1. The quantitative estimate of drug-likeness (QED) is 0.651.